The van der Waals surface area contributed by atoms with Gasteiger partial charge in [0, 0.05) is 18.9 Å². The van der Waals surface area contributed by atoms with Crippen LogP contribution in [0.5, 0.6) is 5.75 Å². The Balaban J connectivity index is 1.56. The van der Waals surface area contributed by atoms with E-state index in [0.717, 1.165) is 12.0 Å². The largest absolute Gasteiger partial charge is 0.491 e. The van der Waals surface area contributed by atoms with Gasteiger partial charge in [0.05, 0.1) is 12.3 Å². The number of nitrogens with one attached hydrogen (secondary N) is 1. The van der Waals surface area contributed by atoms with E-state index in [1.807, 2.05) is 72.8 Å². The average molecular weight is 360 g/mol. The van der Waals surface area contributed by atoms with Crippen LogP contribution in [-0.2, 0) is 11.2 Å². The van der Waals surface area contributed by atoms with Gasteiger partial charge in [0.25, 0.3) is 0 Å². The number of benzene rings is 3. The fourth-order valence-electron chi connectivity index (χ4n) is 2.84. The summed E-state index contributed by atoms with van der Waals surface area (Å²) in [5.41, 5.74) is 8.96. The van der Waals surface area contributed by atoms with E-state index in [4.69, 9.17) is 10.5 Å². The first-order valence-electron chi connectivity index (χ1n) is 9.08. The summed E-state index contributed by atoms with van der Waals surface area (Å²) in [6.07, 6.45) is 1.02. The Hall–Kier alpha value is -3.11. The van der Waals surface area contributed by atoms with Gasteiger partial charge in [-0.05, 0) is 23.3 Å². The first kappa shape index (κ1) is 18.7. The first-order valence-corrected chi connectivity index (χ1v) is 9.08. The van der Waals surface area contributed by atoms with Gasteiger partial charge in [-0.3, -0.25) is 4.79 Å². The van der Waals surface area contributed by atoms with Crippen molar-refractivity contribution in [2.24, 2.45) is 5.73 Å². The van der Waals surface area contributed by atoms with E-state index < -0.39 is 0 Å². The monoisotopic (exact) mass is 360 g/mol. The van der Waals surface area contributed by atoms with Crippen molar-refractivity contribution in [2.75, 3.05) is 11.9 Å². The number of amides is 1. The summed E-state index contributed by atoms with van der Waals surface area (Å²) >= 11 is 0. The first-order chi connectivity index (χ1) is 13.2. The van der Waals surface area contributed by atoms with E-state index in [1.165, 1.54) is 5.56 Å². The minimum absolute atomic E-state index is 0.134. The third kappa shape index (κ3) is 5.69. The minimum Gasteiger partial charge on any atom is -0.491 e. The summed E-state index contributed by atoms with van der Waals surface area (Å²) in [4.78, 5) is 12.4. The molecule has 4 nitrogen and oxygen atoms in total. The molecule has 4 heteroatoms. The molecule has 27 heavy (non-hydrogen) atoms. The molecule has 0 aliphatic carbocycles. The van der Waals surface area contributed by atoms with Crippen molar-refractivity contribution in [1.82, 2.24) is 0 Å². The average Bonchev–Trinajstić information content (AvgIpc) is 2.70. The zero-order valence-electron chi connectivity index (χ0n) is 15.2. The van der Waals surface area contributed by atoms with E-state index in [2.05, 4.69) is 17.4 Å². The maximum Gasteiger partial charge on any atom is 0.226 e. The van der Waals surface area contributed by atoms with Crippen molar-refractivity contribution in [3.05, 3.63) is 96.1 Å². The molecule has 0 aliphatic heterocycles. The topological polar surface area (TPSA) is 64.4 Å². The number of anilines is 1. The molecule has 138 valence electrons. The summed E-state index contributed by atoms with van der Waals surface area (Å²) in [5, 5.41) is 2.92. The molecule has 1 amide bonds. The zero-order chi connectivity index (χ0) is 18.9. The number of ether oxygens (including phenoxy) is 1. The summed E-state index contributed by atoms with van der Waals surface area (Å²) < 4.78 is 5.89. The molecule has 0 aromatic heterocycles. The number of carbonyl (C=O) groups is 1. The van der Waals surface area contributed by atoms with E-state index >= 15 is 0 Å². The number of para-hydroxylation sites is 2. The summed E-state index contributed by atoms with van der Waals surface area (Å²) in [6, 6.07) is 26.9. The highest BCUT2D eigenvalue weighted by molar-refractivity contribution is 5.92. The van der Waals surface area contributed by atoms with Crippen LogP contribution in [0, 0.1) is 0 Å². The predicted molar refractivity (Wildman–Crippen MR) is 109 cm³/mol. The number of rotatable bonds is 8. The Bertz CT molecular complexity index is 851. The van der Waals surface area contributed by atoms with Gasteiger partial charge in [-0.25, -0.2) is 0 Å². The molecule has 0 radical (unpaired) electrons. The fraction of sp³-hybridized carbons (Fsp3) is 0.174. The lowest BCUT2D eigenvalue weighted by Crippen LogP contribution is -2.21. The lowest BCUT2D eigenvalue weighted by atomic mass is 10.0. The maximum atomic E-state index is 12.4. The van der Waals surface area contributed by atoms with E-state index in [1.54, 1.807) is 0 Å². The smallest absolute Gasteiger partial charge is 0.226 e. The molecule has 0 saturated heterocycles. The van der Waals surface area contributed by atoms with Crippen LogP contribution >= 0.6 is 0 Å². The Morgan fingerprint density at radius 1 is 0.889 bits per heavy atom. The molecule has 0 bridgehead atoms. The second-order valence-corrected chi connectivity index (χ2v) is 6.35. The Labute approximate surface area is 160 Å². The van der Waals surface area contributed by atoms with Gasteiger partial charge in [0.15, 0.2) is 0 Å². The van der Waals surface area contributed by atoms with Gasteiger partial charge in [0.1, 0.15) is 5.75 Å². The third-order valence-electron chi connectivity index (χ3n) is 4.29. The van der Waals surface area contributed by atoms with Gasteiger partial charge in [-0.15, -0.1) is 0 Å². The molecule has 3 aromatic rings. The molecule has 3 rings (SSSR count). The van der Waals surface area contributed by atoms with Crippen LogP contribution in [0.2, 0.25) is 0 Å². The van der Waals surface area contributed by atoms with Crippen molar-refractivity contribution >= 4 is 11.6 Å². The second kappa shape index (κ2) is 9.55. The minimum atomic E-state index is -0.336. The SMILES string of the molecule is NC(CC(=O)Nc1ccccc1OCCc1ccccc1)c1ccccc1. The molecule has 1 atom stereocenters. The Morgan fingerprint density at radius 3 is 2.26 bits per heavy atom. The van der Waals surface area contributed by atoms with Crippen LogP contribution in [0.15, 0.2) is 84.9 Å². The molecule has 0 saturated carbocycles. The molecule has 0 spiro atoms. The second-order valence-electron chi connectivity index (χ2n) is 6.35. The third-order valence-corrected chi connectivity index (χ3v) is 4.29. The Kier molecular flexibility index (Phi) is 6.61. The van der Waals surface area contributed by atoms with Crippen LogP contribution < -0.4 is 15.8 Å². The lowest BCUT2D eigenvalue weighted by Gasteiger charge is -2.15. The van der Waals surface area contributed by atoms with Gasteiger partial charge in [-0.2, -0.15) is 0 Å². The molecular weight excluding hydrogens is 336 g/mol. The highest BCUT2D eigenvalue weighted by Gasteiger charge is 2.13. The quantitative estimate of drug-likeness (QED) is 0.628. The van der Waals surface area contributed by atoms with Crippen molar-refractivity contribution in [3.8, 4) is 5.75 Å². The molecule has 0 heterocycles. The van der Waals surface area contributed by atoms with Crippen LogP contribution in [0.25, 0.3) is 0 Å². The van der Waals surface area contributed by atoms with E-state index in [0.29, 0.717) is 18.0 Å². The highest BCUT2D eigenvalue weighted by Crippen LogP contribution is 2.25. The van der Waals surface area contributed by atoms with Crippen LogP contribution in [0.4, 0.5) is 5.69 Å². The van der Waals surface area contributed by atoms with Gasteiger partial charge in [0.2, 0.25) is 5.91 Å². The van der Waals surface area contributed by atoms with Crippen LogP contribution in [0.1, 0.15) is 23.6 Å². The van der Waals surface area contributed by atoms with Gasteiger partial charge < -0.3 is 15.8 Å². The van der Waals surface area contributed by atoms with Gasteiger partial charge >= 0.3 is 0 Å². The normalized spacial score (nSPS) is 11.6. The Morgan fingerprint density at radius 2 is 1.52 bits per heavy atom. The van der Waals surface area contributed by atoms with Crippen molar-refractivity contribution < 1.29 is 9.53 Å². The van der Waals surface area contributed by atoms with E-state index in [9.17, 15) is 4.79 Å². The number of carbonyl (C=O) groups excluding carboxylic acids is 1. The summed E-state index contributed by atoms with van der Waals surface area (Å²) in [5.74, 6) is 0.528. The van der Waals surface area contributed by atoms with Crippen molar-refractivity contribution in [3.63, 3.8) is 0 Å². The molecular formula is C23H24N2O2. The van der Waals surface area contributed by atoms with E-state index in [-0.39, 0.29) is 18.4 Å². The fourth-order valence-corrected chi connectivity index (χ4v) is 2.84. The number of nitrogens with two attached hydrogens (primary N) is 1. The lowest BCUT2D eigenvalue weighted by molar-refractivity contribution is -0.116. The highest BCUT2D eigenvalue weighted by atomic mass is 16.5. The predicted octanol–water partition coefficient (Wildman–Crippen LogP) is 4.34. The maximum absolute atomic E-state index is 12.4. The molecule has 3 aromatic carbocycles. The summed E-state index contributed by atoms with van der Waals surface area (Å²) in [7, 11) is 0. The molecule has 3 N–H and O–H groups in total. The van der Waals surface area contributed by atoms with Gasteiger partial charge in [-0.1, -0.05) is 72.8 Å². The molecule has 1 unspecified atom stereocenters. The van der Waals surface area contributed by atoms with Crippen molar-refractivity contribution in [1.29, 1.82) is 0 Å². The number of hydrogen-bond donors (Lipinski definition) is 2. The van der Waals surface area contributed by atoms with Crippen molar-refractivity contribution in [2.45, 2.75) is 18.9 Å². The molecule has 0 aliphatic rings. The standard InChI is InChI=1S/C23H24N2O2/c24-20(19-11-5-2-6-12-19)17-23(26)25-21-13-7-8-14-22(21)27-16-15-18-9-3-1-4-10-18/h1-14,20H,15-17,24H2,(H,25,26). The molecule has 0 fully saturated rings. The van der Waals surface area contributed by atoms with Crippen LogP contribution in [-0.4, -0.2) is 12.5 Å². The van der Waals surface area contributed by atoms with Crippen LogP contribution in [0.3, 0.4) is 0 Å². The summed E-state index contributed by atoms with van der Waals surface area (Å²) in [6.45, 7) is 0.542. The number of hydrogen-bond acceptors (Lipinski definition) is 3. The zero-order valence-corrected chi connectivity index (χ0v) is 15.2.